The predicted molar refractivity (Wildman–Crippen MR) is 173 cm³/mol. The van der Waals surface area contributed by atoms with Crippen LogP contribution in [-0.2, 0) is 38.3 Å². The van der Waals surface area contributed by atoms with Crippen molar-refractivity contribution in [2.45, 2.75) is 164 Å². The van der Waals surface area contributed by atoms with Crippen LogP contribution in [0.2, 0.25) is 0 Å². The quantitative estimate of drug-likeness (QED) is 0.120. The van der Waals surface area contributed by atoms with Gasteiger partial charge >= 0.3 is 57.4 Å². The Labute approximate surface area is 317 Å². The van der Waals surface area contributed by atoms with E-state index in [0.717, 1.165) is 18.3 Å². The van der Waals surface area contributed by atoms with Crippen LogP contribution in [0.15, 0.2) is 23.8 Å². The molecule has 0 spiro atoms. The molecule has 6 unspecified atom stereocenters. The van der Waals surface area contributed by atoms with Gasteiger partial charge in [-0.1, -0.05) is 53.7 Å². The van der Waals surface area contributed by atoms with E-state index in [0.29, 0.717) is 54.7 Å². The van der Waals surface area contributed by atoms with Gasteiger partial charge in [-0.2, -0.15) is 9.78 Å². The molecule has 4 saturated heterocycles. The molecule has 4 fully saturated rings. The Morgan fingerprint density at radius 2 is 1.56 bits per heavy atom. The number of aliphatic hydroxyl groups is 1. The van der Waals surface area contributed by atoms with E-state index in [2.05, 4.69) is 57.9 Å². The first-order chi connectivity index (χ1) is 20.1. The first kappa shape index (κ1) is 43.0. The molecule has 0 aromatic carbocycles. The van der Waals surface area contributed by atoms with Gasteiger partial charge in [0.25, 0.3) is 0 Å². The van der Waals surface area contributed by atoms with E-state index in [1.54, 1.807) is 6.08 Å². The SMILES string of the molecule is C=C(C=O)C[C@@H]1C[C@H](O)C(C)(C)C(C)O1.CC1(C)OO1.CC1=CC(=O)OC(C)C1C.CC1OC(C)C(C)(C)C[C@@H]2O[C@@H]2C1C.[H-].[HH].[K+]. The van der Waals surface area contributed by atoms with Gasteiger partial charge in [0.15, 0.2) is 0 Å². The first-order valence-electron chi connectivity index (χ1n) is 16.1. The fraction of sp³-hybridized carbons (Fsp3) is 0.829. The molecule has 0 bridgehead atoms. The van der Waals surface area contributed by atoms with Crippen LogP contribution in [-0.4, -0.2) is 72.0 Å². The summed E-state index contributed by atoms with van der Waals surface area (Å²) >= 11 is 0. The van der Waals surface area contributed by atoms with E-state index in [4.69, 9.17) is 18.9 Å². The van der Waals surface area contributed by atoms with Crippen molar-refractivity contribution in [3.05, 3.63) is 23.8 Å². The maximum Gasteiger partial charge on any atom is 1.00 e. The molecule has 10 heteroatoms. The van der Waals surface area contributed by atoms with Gasteiger partial charge in [0, 0.05) is 37.6 Å². The van der Waals surface area contributed by atoms with Crippen molar-refractivity contribution in [3.63, 3.8) is 0 Å². The molecule has 0 aromatic rings. The van der Waals surface area contributed by atoms with Gasteiger partial charge in [0.2, 0.25) is 5.79 Å². The topological polar surface area (TPSA) is 120 Å². The molecule has 0 aliphatic carbocycles. The Bertz CT molecular complexity index is 1010. The maximum atomic E-state index is 10.7. The number of cyclic esters (lactones) is 1. The summed E-state index contributed by atoms with van der Waals surface area (Å²) in [6, 6.07) is 0. The third kappa shape index (κ3) is 13.4. The Hall–Kier alpha value is 0.0164. The number of carbonyl (C=O) groups excluding carboxylic acids is 2. The van der Waals surface area contributed by atoms with E-state index >= 15 is 0 Å². The van der Waals surface area contributed by atoms with Gasteiger partial charge in [0.1, 0.15) is 12.4 Å². The largest absolute Gasteiger partial charge is 1.00 e. The molecule has 0 radical (unpaired) electrons. The molecule has 45 heavy (non-hydrogen) atoms. The monoisotopic (exact) mass is 666 g/mol. The van der Waals surface area contributed by atoms with Crippen molar-refractivity contribution < 1.29 is 97.7 Å². The second-order valence-electron chi connectivity index (χ2n) is 15.0. The van der Waals surface area contributed by atoms with Crippen LogP contribution in [0.5, 0.6) is 0 Å². The summed E-state index contributed by atoms with van der Waals surface area (Å²) in [6.07, 6.45) is 5.69. The van der Waals surface area contributed by atoms with Crippen LogP contribution in [0.3, 0.4) is 0 Å². The van der Waals surface area contributed by atoms with Gasteiger partial charge in [-0.3, -0.25) is 4.79 Å². The second kappa shape index (κ2) is 17.6. The number of fused-ring (bicyclic) bond motifs is 1. The summed E-state index contributed by atoms with van der Waals surface area (Å²) in [4.78, 5) is 30.0. The molecule has 9 nitrogen and oxygen atoms in total. The number of carbonyl (C=O) groups is 2. The summed E-state index contributed by atoms with van der Waals surface area (Å²) in [6.45, 7) is 30.4. The van der Waals surface area contributed by atoms with Gasteiger partial charge < -0.3 is 25.5 Å². The molecule has 5 rings (SSSR count). The average molecular weight is 667 g/mol. The van der Waals surface area contributed by atoms with Crippen LogP contribution in [0.4, 0.5) is 0 Å². The normalized spacial score (nSPS) is 38.4. The van der Waals surface area contributed by atoms with Crippen molar-refractivity contribution in [2.75, 3.05) is 0 Å². The average Bonchev–Trinajstić information content (AvgIpc) is 3.83. The standard InChI is InChI=1S/C12H20O3.C12H22O2.C8H12O2.C3H6O2.K.H2.H/c1-8(7-13)5-10-6-11(14)12(3,4)9(2)15-10;1-7-8(2)13-9(3)12(4,5)6-10-11(7)14-10;1-5-4-8(9)10-7(3)6(5)2;1-3(2)4-5-3;;;/h7,9-11,14H,1,5-6H2,2-4H3;7-11H,6H2,1-5H3;4,6-7H,1-3H3;1-2H3;;1H;/q;;;;+1;;-1/t9?,10-,11+;7?,8?,9?,10-,11+;;;;;/m10...../s1. The molecule has 5 heterocycles. The van der Waals surface area contributed by atoms with Crippen LogP contribution < -0.4 is 51.4 Å². The van der Waals surface area contributed by atoms with Crippen molar-refractivity contribution in [2.24, 2.45) is 22.7 Å². The summed E-state index contributed by atoms with van der Waals surface area (Å²) in [5.74, 6) is 0.458. The zero-order valence-corrected chi connectivity index (χ0v) is 33.6. The van der Waals surface area contributed by atoms with Gasteiger partial charge in [-0.15, -0.1) is 0 Å². The maximum absolute atomic E-state index is 10.7. The zero-order chi connectivity index (χ0) is 33.8. The molecule has 258 valence electrons. The van der Waals surface area contributed by atoms with Crippen molar-refractivity contribution in [1.82, 2.24) is 0 Å². The fourth-order valence-corrected chi connectivity index (χ4v) is 5.27. The van der Waals surface area contributed by atoms with Gasteiger partial charge in [0.05, 0.1) is 42.7 Å². The Morgan fingerprint density at radius 1 is 1.00 bits per heavy atom. The second-order valence-corrected chi connectivity index (χ2v) is 15.0. The van der Waals surface area contributed by atoms with E-state index in [-0.39, 0.29) is 101 Å². The number of hydrogen-bond acceptors (Lipinski definition) is 9. The third-order valence-electron chi connectivity index (χ3n) is 10.1. The smallest absolute Gasteiger partial charge is 1.00 e. The third-order valence-corrected chi connectivity index (χ3v) is 10.1. The molecule has 1 N–H and O–H groups in total. The molecule has 5 aliphatic heterocycles. The minimum atomic E-state index is -0.384. The van der Waals surface area contributed by atoms with Crippen LogP contribution >= 0.6 is 0 Å². The summed E-state index contributed by atoms with van der Waals surface area (Å²) in [7, 11) is 0. The molecule has 5 aliphatic rings. The number of ether oxygens (including phenoxy) is 4. The fourth-order valence-electron chi connectivity index (χ4n) is 5.27. The Balaban J connectivity index is 0. The van der Waals surface area contributed by atoms with Crippen LogP contribution in [0, 0.1) is 22.7 Å². The molecular weight excluding hydrogens is 603 g/mol. The van der Waals surface area contributed by atoms with Crippen molar-refractivity contribution in [1.29, 1.82) is 0 Å². The van der Waals surface area contributed by atoms with Gasteiger partial charge in [-0.05, 0) is 65.9 Å². The summed E-state index contributed by atoms with van der Waals surface area (Å²) in [5, 5.41) is 9.97. The number of aliphatic hydroxyl groups excluding tert-OH is 1. The molecular formula is C35H63KO9. The van der Waals surface area contributed by atoms with E-state index in [9.17, 15) is 14.7 Å². The predicted octanol–water partition coefficient (Wildman–Crippen LogP) is 3.87. The number of esters is 1. The zero-order valence-electron chi connectivity index (χ0n) is 31.5. The Kier molecular flexibility index (Phi) is 16.8. The van der Waals surface area contributed by atoms with Crippen molar-refractivity contribution >= 4 is 12.3 Å². The summed E-state index contributed by atoms with van der Waals surface area (Å²) < 4.78 is 22.5. The van der Waals surface area contributed by atoms with Gasteiger partial charge in [-0.25, -0.2) is 4.79 Å². The van der Waals surface area contributed by atoms with Crippen LogP contribution in [0.25, 0.3) is 0 Å². The number of rotatable bonds is 3. The molecule has 0 saturated carbocycles. The van der Waals surface area contributed by atoms with E-state index < -0.39 is 0 Å². The minimum Gasteiger partial charge on any atom is -1.00 e. The van der Waals surface area contributed by atoms with E-state index in [1.165, 1.54) is 0 Å². The molecule has 0 aromatic heterocycles. The summed E-state index contributed by atoms with van der Waals surface area (Å²) in [5.41, 5.74) is 1.66. The number of aldehydes is 1. The van der Waals surface area contributed by atoms with Crippen molar-refractivity contribution in [3.8, 4) is 0 Å². The molecule has 10 atom stereocenters. The minimum absolute atomic E-state index is 0. The first-order valence-corrected chi connectivity index (χ1v) is 16.1. The number of hydrogen-bond donors (Lipinski definition) is 1. The van der Waals surface area contributed by atoms with E-state index in [1.807, 2.05) is 48.5 Å². The van der Waals surface area contributed by atoms with Crippen LogP contribution in [0.1, 0.15) is 112 Å². The number of epoxide rings is 1. The Morgan fingerprint density at radius 3 is 2.02 bits per heavy atom. The molecule has 0 amide bonds.